The van der Waals surface area contributed by atoms with E-state index in [1.807, 2.05) is 18.2 Å². The van der Waals surface area contributed by atoms with E-state index in [0.29, 0.717) is 18.7 Å². The summed E-state index contributed by atoms with van der Waals surface area (Å²) in [5, 5.41) is 3.20. The van der Waals surface area contributed by atoms with E-state index in [1.54, 1.807) is 19.1 Å². The molecule has 0 bridgehead atoms. The number of hydrogen-bond donors (Lipinski definition) is 1. The van der Waals surface area contributed by atoms with Gasteiger partial charge in [-0.15, -0.1) is 0 Å². The van der Waals surface area contributed by atoms with E-state index in [4.69, 9.17) is 4.42 Å². The first-order chi connectivity index (χ1) is 8.15. The quantitative estimate of drug-likeness (QED) is 0.929. The van der Waals surface area contributed by atoms with Crippen molar-refractivity contribution in [3.05, 3.63) is 57.7 Å². The van der Waals surface area contributed by atoms with Crippen molar-refractivity contribution in [3.63, 3.8) is 0 Å². The molecule has 4 heteroatoms. The highest BCUT2D eigenvalue weighted by Crippen LogP contribution is 2.14. The molecule has 2 aromatic rings. The van der Waals surface area contributed by atoms with E-state index in [1.165, 1.54) is 0 Å². The zero-order valence-corrected chi connectivity index (χ0v) is 11.1. The summed E-state index contributed by atoms with van der Waals surface area (Å²) in [7, 11) is 0. The summed E-state index contributed by atoms with van der Waals surface area (Å²) in [6.07, 6.45) is 0. The van der Waals surface area contributed by atoms with Crippen molar-refractivity contribution < 1.29 is 8.81 Å². The van der Waals surface area contributed by atoms with E-state index in [2.05, 4.69) is 21.2 Å². The van der Waals surface area contributed by atoms with Gasteiger partial charge in [-0.3, -0.25) is 0 Å². The smallest absolute Gasteiger partial charge is 0.169 e. The van der Waals surface area contributed by atoms with Crippen LogP contribution in [-0.4, -0.2) is 0 Å². The number of nitrogens with one attached hydrogen (secondary N) is 1. The molecule has 2 nitrogen and oxygen atoms in total. The zero-order chi connectivity index (χ0) is 12.3. The summed E-state index contributed by atoms with van der Waals surface area (Å²) in [6.45, 7) is 3.00. The summed E-state index contributed by atoms with van der Waals surface area (Å²) < 4.78 is 19.3. The molecule has 0 saturated heterocycles. The van der Waals surface area contributed by atoms with E-state index in [-0.39, 0.29) is 5.82 Å². The highest BCUT2D eigenvalue weighted by Gasteiger charge is 2.01. The Kier molecular flexibility index (Phi) is 3.97. The molecule has 0 unspecified atom stereocenters. The molecule has 90 valence electrons. The second-order valence-electron chi connectivity index (χ2n) is 3.89. The van der Waals surface area contributed by atoms with Gasteiger partial charge in [0.15, 0.2) is 4.67 Å². The molecule has 0 saturated carbocycles. The molecule has 2 rings (SSSR count). The van der Waals surface area contributed by atoms with Crippen LogP contribution in [0.5, 0.6) is 0 Å². The van der Waals surface area contributed by atoms with Gasteiger partial charge in [-0.1, -0.05) is 12.1 Å². The Bertz CT molecular complexity index is 510. The van der Waals surface area contributed by atoms with Gasteiger partial charge in [-0.05, 0) is 52.2 Å². The van der Waals surface area contributed by atoms with Gasteiger partial charge in [-0.2, -0.15) is 0 Å². The molecule has 1 heterocycles. The molecular formula is C13H13BrFNO. The third-order valence-electron chi connectivity index (χ3n) is 2.49. The number of hydrogen-bond acceptors (Lipinski definition) is 2. The van der Waals surface area contributed by atoms with Gasteiger partial charge >= 0.3 is 0 Å². The van der Waals surface area contributed by atoms with Gasteiger partial charge in [0.05, 0.1) is 6.54 Å². The van der Waals surface area contributed by atoms with Gasteiger partial charge in [0, 0.05) is 6.54 Å². The lowest BCUT2D eigenvalue weighted by Gasteiger charge is -2.04. The van der Waals surface area contributed by atoms with Crippen LogP contribution in [0, 0.1) is 12.7 Å². The first kappa shape index (κ1) is 12.3. The minimum Gasteiger partial charge on any atom is -0.453 e. The molecule has 1 N–H and O–H groups in total. The first-order valence-corrected chi connectivity index (χ1v) is 6.14. The number of rotatable bonds is 4. The lowest BCUT2D eigenvalue weighted by atomic mass is 10.1. The average molecular weight is 298 g/mol. The summed E-state index contributed by atoms with van der Waals surface area (Å²) >= 11 is 3.24. The maximum Gasteiger partial charge on any atom is 0.169 e. The van der Waals surface area contributed by atoms with Gasteiger partial charge < -0.3 is 9.73 Å². The number of aryl methyl sites for hydroxylation is 1. The molecule has 0 amide bonds. The predicted octanol–water partition coefficient (Wildman–Crippen LogP) is 3.78. The van der Waals surface area contributed by atoms with Crippen molar-refractivity contribution in [1.82, 2.24) is 5.32 Å². The summed E-state index contributed by atoms with van der Waals surface area (Å²) in [4.78, 5) is 0. The molecule has 17 heavy (non-hydrogen) atoms. The van der Waals surface area contributed by atoms with Crippen molar-refractivity contribution in [2.45, 2.75) is 20.0 Å². The highest BCUT2D eigenvalue weighted by atomic mass is 79.9. The van der Waals surface area contributed by atoms with Crippen LogP contribution in [0.1, 0.15) is 16.9 Å². The maximum atomic E-state index is 13.3. The Morgan fingerprint density at radius 1 is 1.24 bits per heavy atom. The lowest BCUT2D eigenvalue weighted by Crippen LogP contribution is -2.12. The summed E-state index contributed by atoms with van der Waals surface area (Å²) in [6, 6.07) is 9.01. The van der Waals surface area contributed by atoms with Gasteiger partial charge in [0.1, 0.15) is 11.6 Å². The van der Waals surface area contributed by atoms with Crippen LogP contribution in [0.15, 0.2) is 39.4 Å². The molecule has 0 aliphatic rings. The topological polar surface area (TPSA) is 25.2 Å². The van der Waals surface area contributed by atoms with Crippen molar-refractivity contribution >= 4 is 15.9 Å². The Balaban J connectivity index is 1.87. The molecular weight excluding hydrogens is 285 g/mol. The van der Waals surface area contributed by atoms with Crippen molar-refractivity contribution in [2.24, 2.45) is 0 Å². The van der Waals surface area contributed by atoms with Gasteiger partial charge in [0.25, 0.3) is 0 Å². The minimum absolute atomic E-state index is 0.162. The van der Waals surface area contributed by atoms with Gasteiger partial charge in [-0.25, -0.2) is 4.39 Å². The van der Waals surface area contributed by atoms with Crippen molar-refractivity contribution in [3.8, 4) is 0 Å². The Morgan fingerprint density at radius 2 is 2.06 bits per heavy atom. The van der Waals surface area contributed by atoms with Crippen molar-refractivity contribution in [2.75, 3.05) is 0 Å². The molecule has 0 spiro atoms. The van der Waals surface area contributed by atoms with E-state index < -0.39 is 0 Å². The van der Waals surface area contributed by atoms with E-state index in [9.17, 15) is 4.39 Å². The molecule has 0 fully saturated rings. The Hall–Kier alpha value is -1.13. The number of halogens is 2. The molecule has 0 atom stereocenters. The largest absolute Gasteiger partial charge is 0.453 e. The van der Waals surface area contributed by atoms with Crippen LogP contribution >= 0.6 is 15.9 Å². The Morgan fingerprint density at radius 3 is 2.71 bits per heavy atom. The zero-order valence-electron chi connectivity index (χ0n) is 9.47. The number of furan rings is 1. The standard InChI is InChI=1S/C13H13BrFNO/c1-9-2-3-10(6-12(9)15)7-16-8-11-4-5-13(14)17-11/h2-6,16H,7-8H2,1H3. The molecule has 0 radical (unpaired) electrons. The minimum atomic E-state index is -0.162. The fraction of sp³-hybridized carbons (Fsp3) is 0.231. The predicted molar refractivity (Wildman–Crippen MR) is 68.1 cm³/mol. The monoisotopic (exact) mass is 297 g/mol. The second kappa shape index (κ2) is 5.47. The molecule has 1 aromatic carbocycles. The van der Waals surface area contributed by atoms with E-state index >= 15 is 0 Å². The van der Waals surface area contributed by atoms with Crippen LogP contribution in [0.25, 0.3) is 0 Å². The normalized spacial score (nSPS) is 10.8. The maximum absolute atomic E-state index is 13.3. The summed E-state index contributed by atoms with van der Waals surface area (Å²) in [5.74, 6) is 0.689. The number of benzene rings is 1. The second-order valence-corrected chi connectivity index (χ2v) is 4.67. The molecule has 0 aliphatic carbocycles. The van der Waals surface area contributed by atoms with Crippen LogP contribution in [0.2, 0.25) is 0 Å². The summed E-state index contributed by atoms with van der Waals surface area (Å²) in [5.41, 5.74) is 1.60. The average Bonchev–Trinajstić information content (AvgIpc) is 2.70. The van der Waals surface area contributed by atoms with Crippen LogP contribution in [0.4, 0.5) is 4.39 Å². The Labute approximate surface area is 108 Å². The van der Waals surface area contributed by atoms with Crippen LogP contribution in [0.3, 0.4) is 0 Å². The fourth-order valence-electron chi connectivity index (χ4n) is 1.52. The van der Waals surface area contributed by atoms with Gasteiger partial charge in [0.2, 0.25) is 0 Å². The third-order valence-corrected chi connectivity index (χ3v) is 2.92. The third kappa shape index (κ3) is 3.41. The lowest BCUT2D eigenvalue weighted by molar-refractivity contribution is 0.465. The SMILES string of the molecule is Cc1ccc(CNCc2ccc(Br)o2)cc1F. The highest BCUT2D eigenvalue weighted by molar-refractivity contribution is 9.10. The van der Waals surface area contributed by atoms with E-state index in [0.717, 1.165) is 16.0 Å². The fourth-order valence-corrected chi connectivity index (χ4v) is 1.86. The van der Waals surface area contributed by atoms with Crippen molar-refractivity contribution in [1.29, 1.82) is 0 Å². The van der Waals surface area contributed by atoms with Crippen LogP contribution < -0.4 is 5.32 Å². The van der Waals surface area contributed by atoms with Crippen LogP contribution in [-0.2, 0) is 13.1 Å². The first-order valence-electron chi connectivity index (χ1n) is 5.35. The molecule has 0 aliphatic heterocycles. The molecule has 1 aromatic heterocycles.